The lowest BCUT2D eigenvalue weighted by Gasteiger charge is -2.39. The van der Waals surface area contributed by atoms with Crippen LogP contribution in [0.5, 0.6) is 0 Å². The fourth-order valence-electron chi connectivity index (χ4n) is 3.88. The maximum absolute atomic E-state index is 3.48. The Morgan fingerprint density at radius 1 is 1.11 bits per heavy atom. The lowest BCUT2D eigenvalue weighted by molar-refractivity contribution is 0.103. The zero-order valence-corrected chi connectivity index (χ0v) is 12.5. The van der Waals surface area contributed by atoms with Gasteiger partial charge in [-0.05, 0) is 52.2 Å². The van der Waals surface area contributed by atoms with Crippen molar-refractivity contribution in [3.05, 3.63) is 0 Å². The minimum atomic E-state index is 0.775. The van der Waals surface area contributed by atoms with Crippen LogP contribution in [0.15, 0.2) is 0 Å². The number of rotatable bonds is 7. The van der Waals surface area contributed by atoms with Gasteiger partial charge in [-0.2, -0.15) is 0 Å². The Hall–Kier alpha value is -0.120. The van der Waals surface area contributed by atoms with E-state index >= 15 is 0 Å². The van der Waals surface area contributed by atoms with Gasteiger partial charge >= 0.3 is 0 Å². The van der Waals surface area contributed by atoms with Crippen LogP contribution in [-0.4, -0.2) is 61.2 Å². The molecule has 2 saturated heterocycles. The molecular formula is C15H31N3. The van der Waals surface area contributed by atoms with Crippen molar-refractivity contribution in [2.24, 2.45) is 0 Å². The first-order valence-electron chi connectivity index (χ1n) is 7.93. The van der Waals surface area contributed by atoms with Gasteiger partial charge in [0, 0.05) is 31.2 Å². The summed E-state index contributed by atoms with van der Waals surface area (Å²) in [6.45, 7) is 9.60. The van der Waals surface area contributed by atoms with Crippen molar-refractivity contribution in [1.82, 2.24) is 15.1 Å². The molecule has 2 rings (SSSR count). The monoisotopic (exact) mass is 253 g/mol. The third-order valence-electron chi connectivity index (χ3n) is 4.95. The van der Waals surface area contributed by atoms with Crippen molar-refractivity contribution in [2.45, 2.75) is 64.1 Å². The normalized spacial score (nSPS) is 32.3. The molecule has 1 N–H and O–H groups in total. The molecule has 2 heterocycles. The van der Waals surface area contributed by atoms with Gasteiger partial charge in [-0.25, -0.2) is 0 Å². The summed E-state index contributed by atoms with van der Waals surface area (Å²) in [6.07, 6.45) is 6.88. The Morgan fingerprint density at radius 3 is 2.28 bits per heavy atom. The number of hydrogen-bond donors (Lipinski definition) is 1. The van der Waals surface area contributed by atoms with Crippen LogP contribution in [0.1, 0.15) is 46.0 Å². The molecule has 2 unspecified atom stereocenters. The van der Waals surface area contributed by atoms with Crippen molar-refractivity contribution >= 4 is 0 Å². The molecule has 3 nitrogen and oxygen atoms in total. The second-order valence-corrected chi connectivity index (χ2v) is 6.01. The van der Waals surface area contributed by atoms with E-state index in [-0.39, 0.29) is 0 Å². The van der Waals surface area contributed by atoms with Gasteiger partial charge in [0.05, 0.1) is 0 Å². The van der Waals surface area contributed by atoms with E-state index in [0.29, 0.717) is 0 Å². The van der Waals surface area contributed by atoms with Crippen molar-refractivity contribution in [3.63, 3.8) is 0 Å². The minimum Gasteiger partial charge on any atom is -0.317 e. The van der Waals surface area contributed by atoms with Gasteiger partial charge in [-0.15, -0.1) is 0 Å². The van der Waals surface area contributed by atoms with Crippen LogP contribution in [-0.2, 0) is 0 Å². The van der Waals surface area contributed by atoms with Crippen LogP contribution in [0.4, 0.5) is 0 Å². The molecule has 106 valence electrons. The van der Waals surface area contributed by atoms with Gasteiger partial charge < -0.3 is 10.2 Å². The minimum absolute atomic E-state index is 0.775. The SMILES string of the molecule is CCCN(CC)CCN1C2CCC1CC(NC)C2. The Kier molecular flexibility index (Phi) is 5.46. The third kappa shape index (κ3) is 3.25. The fourth-order valence-corrected chi connectivity index (χ4v) is 3.88. The van der Waals surface area contributed by atoms with Crippen molar-refractivity contribution in [1.29, 1.82) is 0 Å². The molecule has 2 aliphatic heterocycles. The predicted octanol–water partition coefficient (Wildman–Crippen LogP) is 1.93. The molecule has 18 heavy (non-hydrogen) atoms. The first-order chi connectivity index (χ1) is 8.78. The molecule has 0 saturated carbocycles. The van der Waals surface area contributed by atoms with Crippen LogP contribution in [0.25, 0.3) is 0 Å². The van der Waals surface area contributed by atoms with Gasteiger partial charge in [0.15, 0.2) is 0 Å². The van der Waals surface area contributed by atoms with E-state index in [1.54, 1.807) is 0 Å². The van der Waals surface area contributed by atoms with E-state index in [0.717, 1.165) is 18.1 Å². The molecule has 2 atom stereocenters. The maximum atomic E-state index is 3.48. The van der Waals surface area contributed by atoms with Gasteiger partial charge in [-0.3, -0.25) is 4.90 Å². The highest BCUT2D eigenvalue weighted by atomic mass is 15.3. The molecule has 0 radical (unpaired) electrons. The molecule has 2 aliphatic rings. The van der Waals surface area contributed by atoms with Gasteiger partial charge in [0.25, 0.3) is 0 Å². The lowest BCUT2D eigenvalue weighted by Crippen LogP contribution is -2.50. The largest absolute Gasteiger partial charge is 0.317 e. The molecule has 0 aromatic carbocycles. The van der Waals surface area contributed by atoms with E-state index < -0.39 is 0 Å². The summed E-state index contributed by atoms with van der Waals surface area (Å²) in [5, 5.41) is 3.48. The van der Waals surface area contributed by atoms with Gasteiger partial charge in [0.2, 0.25) is 0 Å². The number of nitrogens with one attached hydrogen (secondary N) is 1. The van der Waals surface area contributed by atoms with Crippen molar-refractivity contribution in [3.8, 4) is 0 Å². The molecule has 0 amide bonds. The summed E-state index contributed by atoms with van der Waals surface area (Å²) in [6, 6.07) is 2.50. The van der Waals surface area contributed by atoms with E-state index in [2.05, 4.69) is 36.0 Å². The van der Waals surface area contributed by atoms with Crippen molar-refractivity contribution < 1.29 is 0 Å². The molecule has 0 aromatic rings. The van der Waals surface area contributed by atoms with Crippen LogP contribution >= 0.6 is 0 Å². The highest BCUT2D eigenvalue weighted by Gasteiger charge is 2.39. The maximum Gasteiger partial charge on any atom is 0.0115 e. The molecular weight excluding hydrogens is 222 g/mol. The molecule has 0 aliphatic carbocycles. The van der Waals surface area contributed by atoms with E-state index in [9.17, 15) is 0 Å². The quantitative estimate of drug-likeness (QED) is 0.748. The Balaban J connectivity index is 1.80. The average Bonchev–Trinajstić information content (AvgIpc) is 2.63. The lowest BCUT2D eigenvalue weighted by atomic mass is 9.97. The van der Waals surface area contributed by atoms with Gasteiger partial charge in [0.1, 0.15) is 0 Å². The van der Waals surface area contributed by atoms with Crippen molar-refractivity contribution in [2.75, 3.05) is 33.2 Å². The summed E-state index contributed by atoms with van der Waals surface area (Å²) < 4.78 is 0. The first-order valence-corrected chi connectivity index (χ1v) is 7.93. The number of fused-ring (bicyclic) bond motifs is 2. The highest BCUT2D eigenvalue weighted by molar-refractivity contribution is 4.97. The third-order valence-corrected chi connectivity index (χ3v) is 4.95. The Labute approximate surface area is 113 Å². The van der Waals surface area contributed by atoms with E-state index in [1.165, 1.54) is 58.3 Å². The number of nitrogens with zero attached hydrogens (tertiary/aromatic N) is 2. The van der Waals surface area contributed by atoms with Gasteiger partial charge in [-0.1, -0.05) is 13.8 Å². The number of hydrogen-bond acceptors (Lipinski definition) is 3. The Bertz CT molecular complexity index is 230. The topological polar surface area (TPSA) is 18.5 Å². The zero-order valence-electron chi connectivity index (χ0n) is 12.5. The second kappa shape index (κ2) is 6.88. The van der Waals surface area contributed by atoms with Crippen LogP contribution in [0.2, 0.25) is 0 Å². The summed E-state index contributed by atoms with van der Waals surface area (Å²) in [4.78, 5) is 5.41. The summed E-state index contributed by atoms with van der Waals surface area (Å²) in [5.74, 6) is 0. The van der Waals surface area contributed by atoms with E-state index in [4.69, 9.17) is 0 Å². The molecule has 2 fully saturated rings. The zero-order chi connectivity index (χ0) is 13.0. The molecule has 2 bridgehead atoms. The highest BCUT2D eigenvalue weighted by Crippen LogP contribution is 2.35. The molecule has 3 heteroatoms. The summed E-state index contributed by atoms with van der Waals surface area (Å²) >= 11 is 0. The van der Waals surface area contributed by atoms with Crippen LogP contribution < -0.4 is 5.32 Å². The second-order valence-electron chi connectivity index (χ2n) is 6.01. The predicted molar refractivity (Wildman–Crippen MR) is 78.0 cm³/mol. The summed E-state index contributed by atoms with van der Waals surface area (Å²) in [5.41, 5.74) is 0. The van der Waals surface area contributed by atoms with Crippen LogP contribution in [0.3, 0.4) is 0 Å². The number of piperidine rings is 1. The number of likely N-dealkylation sites (N-methyl/N-ethyl adjacent to an activating group) is 1. The average molecular weight is 253 g/mol. The van der Waals surface area contributed by atoms with Crippen LogP contribution in [0, 0.1) is 0 Å². The smallest absolute Gasteiger partial charge is 0.0115 e. The first kappa shape index (κ1) is 14.3. The molecule has 0 aromatic heterocycles. The summed E-state index contributed by atoms with van der Waals surface area (Å²) in [7, 11) is 2.12. The van der Waals surface area contributed by atoms with E-state index in [1.807, 2.05) is 0 Å². The fraction of sp³-hybridized carbons (Fsp3) is 1.00. The standard InChI is InChI=1S/C15H31N3/c1-4-8-17(5-2)9-10-18-14-6-7-15(18)12-13(11-14)16-3/h13-16H,4-12H2,1-3H3. The molecule has 0 spiro atoms. The Morgan fingerprint density at radius 2 is 1.78 bits per heavy atom.